The largest absolute Gasteiger partial charge is 0.369 e. The molecule has 0 aromatic carbocycles. The summed E-state index contributed by atoms with van der Waals surface area (Å²) in [5.74, 6) is 1.21. The topological polar surface area (TPSA) is 24.4 Å². The highest BCUT2D eigenvalue weighted by Gasteiger charge is 2.14. The number of fused-ring (bicyclic) bond motifs is 1. The number of aliphatic imine (C=N–C) groups is 1. The fraction of sp³-hybridized carbons (Fsp3) is 0.583. The number of hydrogen-bond donors (Lipinski definition) is 1. The lowest BCUT2D eigenvalue weighted by atomic mass is 10.2. The fourth-order valence-electron chi connectivity index (χ4n) is 2.35. The van der Waals surface area contributed by atoms with E-state index in [-0.39, 0.29) is 0 Å². The maximum Gasteiger partial charge on any atom is 0.0966 e. The minimum absolute atomic E-state index is 0.983. The van der Waals surface area contributed by atoms with E-state index >= 15 is 0 Å². The molecule has 1 aromatic heterocycles. The smallest absolute Gasteiger partial charge is 0.0966 e. The van der Waals surface area contributed by atoms with Crippen molar-refractivity contribution in [2.75, 3.05) is 6.54 Å². The maximum absolute atomic E-state index is 4.42. The van der Waals surface area contributed by atoms with E-state index in [9.17, 15) is 0 Å². The molecule has 2 aliphatic rings. The lowest BCUT2D eigenvalue weighted by Gasteiger charge is -2.02. The summed E-state index contributed by atoms with van der Waals surface area (Å²) in [4.78, 5) is 7.53. The van der Waals surface area contributed by atoms with Gasteiger partial charge in [0.05, 0.1) is 12.4 Å². The van der Waals surface area contributed by atoms with Crippen LogP contribution < -0.4 is 5.32 Å². The molecule has 2 heterocycles. The maximum atomic E-state index is 4.42. The Labute approximate surface area is 94.4 Å². The molecule has 1 aliphatic carbocycles. The van der Waals surface area contributed by atoms with Crippen molar-refractivity contribution in [3.8, 4) is 0 Å². The molecule has 15 heavy (non-hydrogen) atoms. The molecule has 80 valence electrons. The van der Waals surface area contributed by atoms with Gasteiger partial charge < -0.3 is 5.32 Å². The van der Waals surface area contributed by atoms with Gasteiger partial charge in [0.2, 0.25) is 0 Å². The van der Waals surface area contributed by atoms with Crippen LogP contribution in [0.3, 0.4) is 0 Å². The van der Waals surface area contributed by atoms with Gasteiger partial charge in [0.25, 0.3) is 0 Å². The summed E-state index contributed by atoms with van der Waals surface area (Å²) >= 11 is 1.99. The third kappa shape index (κ3) is 1.93. The van der Waals surface area contributed by atoms with Gasteiger partial charge in [0, 0.05) is 22.7 Å². The molecule has 1 aromatic rings. The second kappa shape index (κ2) is 3.97. The van der Waals surface area contributed by atoms with Crippen LogP contribution in [0.1, 0.15) is 34.6 Å². The Morgan fingerprint density at radius 1 is 1.27 bits per heavy atom. The van der Waals surface area contributed by atoms with Crippen molar-refractivity contribution in [1.29, 1.82) is 0 Å². The Balaban J connectivity index is 1.62. The van der Waals surface area contributed by atoms with Crippen molar-refractivity contribution in [2.45, 2.75) is 38.6 Å². The molecule has 0 radical (unpaired) electrons. The molecule has 3 rings (SSSR count). The predicted octanol–water partition coefficient (Wildman–Crippen LogP) is 2.52. The van der Waals surface area contributed by atoms with Crippen molar-refractivity contribution >= 4 is 17.2 Å². The van der Waals surface area contributed by atoms with Gasteiger partial charge in [-0.1, -0.05) is 0 Å². The minimum Gasteiger partial charge on any atom is -0.369 e. The van der Waals surface area contributed by atoms with Crippen LogP contribution in [0, 0.1) is 0 Å². The first kappa shape index (κ1) is 9.40. The summed E-state index contributed by atoms with van der Waals surface area (Å²) in [6.07, 6.45) is 6.34. The highest BCUT2D eigenvalue weighted by molar-refractivity contribution is 7.12. The Kier molecular flexibility index (Phi) is 2.49. The van der Waals surface area contributed by atoms with E-state index in [4.69, 9.17) is 0 Å². The van der Waals surface area contributed by atoms with Gasteiger partial charge in [0.15, 0.2) is 0 Å². The van der Waals surface area contributed by atoms with E-state index in [1.807, 2.05) is 11.3 Å². The van der Waals surface area contributed by atoms with Gasteiger partial charge in [-0.3, -0.25) is 4.99 Å². The van der Waals surface area contributed by atoms with E-state index in [1.54, 1.807) is 10.4 Å². The Morgan fingerprint density at radius 2 is 2.27 bits per heavy atom. The minimum atomic E-state index is 0.983. The third-order valence-electron chi connectivity index (χ3n) is 3.14. The van der Waals surface area contributed by atoms with Gasteiger partial charge in [-0.05, 0) is 37.3 Å². The summed E-state index contributed by atoms with van der Waals surface area (Å²) < 4.78 is 0. The number of nitrogens with zero attached hydrogens (tertiary/aromatic N) is 1. The molecule has 0 saturated heterocycles. The SMILES string of the molecule is c1c(CNC2=NCCC2)sc2c1CCC2. The van der Waals surface area contributed by atoms with Crippen LogP contribution in [-0.2, 0) is 19.4 Å². The fourth-order valence-corrected chi connectivity index (χ4v) is 3.55. The van der Waals surface area contributed by atoms with Crippen molar-refractivity contribution in [3.05, 3.63) is 21.4 Å². The van der Waals surface area contributed by atoms with Crippen molar-refractivity contribution in [1.82, 2.24) is 5.32 Å². The van der Waals surface area contributed by atoms with Crippen molar-refractivity contribution in [2.24, 2.45) is 4.99 Å². The first-order chi connectivity index (χ1) is 7.42. The molecule has 0 unspecified atom stereocenters. The predicted molar refractivity (Wildman–Crippen MR) is 64.7 cm³/mol. The van der Waals surface area contributed by atoms with E-state index in [2.05, 4.69) is 16.4 Å². The quantitative estimate of drug-likeness (QED) is 0.813. The van der Waals surface area contributed by atoms with Gasteiger partial charge in [-0.2, -0.15) is 0 Å². The molecule has 0 atom stereocenters. The summed E-state index contributed by atoms with van der Waals surface area (Å²) in [6.45, 7) is 2.00. The molecule has 0 bridgehead atoms. The Hall–Kier alpha value is -0.830. The summed E-state index contributed by atoms with van der Waals surface area (Å²) in [5.41, 5.74) is 1.60. The van der Waals surface area contributed by atoms with Gasteiger partial charge in [-0.15, -0.1) is 11.3 Å². The number of rotatable bonds is 2. The zero-order chi connectivity index (χ0) is 10.1. The van der Waals surface area contributed by atoms with Crippen molar-refractivity contribution in [3.63, 3.8) is 0 Å². The van der Waals surface area contributed by atoms with Crippen LogP contribution in [0.5, 0.6) is 0 Å². The number of hydrogen-bond acceptors (Lipinski definition) is 3. The number of thiophene rings is 1. The van der Waals surface area contributed by atoms with Crippen molar-refractivity contribution < 1.29 is 0 Å². The number of amidine groups is 1. The molecular formula is C12H16N2S. The monoisotopic (exact) mass is 220 g/mol. The van der Waals surface area contributed by atoms with Crippen LogP contribution in [0.15, 0.2) is 11.1 Å². The van der Waals surface area contributed by atoms with E-state index in [0.29, 0.717) is 0 Å². The second-order valence-electron chi connectivity index (χ2n) is 4.30. The molecular weight excluding hydrogens is 204 g/mol. The zero-order valence-electron chi connectivity index (χ0n) is 8.88. The Morgan fingerprint density at radius 3 is 3.07 bits per heavy atom. The van der Waals surface area contributed by atoms with E-state index in [1.165, 1.54) is 36.4 Å². The van der Waals surface area contributed by atoms with Crippen LogP contribution in [0.4, 0.5) is 0 Å². The summed E-state index contributed by atoms with van der Waals surface area (Å²) in [6, 6.07) is 2.38. The Bertz CT molecular complexity index is 371. The average molecular weight is 220 g/mol. The van der Waals surface area contributed by atoms with Crippen LogP contribution >= 0.6 is 11.3 Å². The molecule has 0 spiro atoms. The number of aryl methyl sites for hydroxylation is 2. The standard InChI is InChI=1S/C12H16N2S/c1-3-9-7-10(15-11(9)4-1)8-14-12-5-2-6-13-12/h7H,1-6,8H2,(H,13,14). The lowest BCUT2D eigenvalue weighted by molar-refractivity contribution is 0.892. The molecule has 1 N–H and O–H groups in total. The molecule has 1 aliphatic heterocycles. The summed E-state index contributed by atoms with van der Waals surface area (Å²) in [5, 5.41) is 3.45. The van der Waals surface area contributed by atoms with E-state index < -0.39 is 0 Å². The normalized spacial score (nSPS) is 19.1. The summed E-state index contributed by atoms with van der Waals surface area (Å²) in [7, 11) is 0. The number of nitrogens with one attached hydrogen (secondary N) is 1. The van der Waals surface area contributed by atoms with Gasteiger partial charge in [0.1, 0.15) is 0 Å². The first-order valence-electron chi connectivity index (χ1n) is 5.79. The third-order valence-corrected chi connectivity index (χ3v) is 4.38. The second-order valence-corrected chi connectivity index (χ2v) is 5.52. The molecule has 0 fully saturated rings. The zero-order valence-corrected chi connectivity index (χ0v) is 9.70. The molecule has 0 amide bonds. The van der Waals surface area contributed by atoms with Crippen LogP contribution in [0.25, 0.3) is 0 Å². The van der Waals surface area contributed by atoms with Crippen LogP contribution in [-0.4, -0.2) is 12.4 Å². The molecule has 3 heteroatoms. The first-order valence-corrected chi connectivity index (χ1v) is 6.61. The van der Waals surface area contributed by atoms with Gasteiger partial charge in [-0.25, -0.2) is 0 Å². The lowest BCUT2D eigenvalue weighted by Crippen LogP contribution is -2.19. The molecule has 2 nitrogen and oxygen atoms in total. The average Bonchev–Trinajstić information content (AvgIpc) is 2.91. The highest BCUT2D eigenvalue weighted by atomic mass is 32.1. The molecule has 0 saturated carbocycles. The highest BCUT2D eigenvalue weighted by Crippen LogP contribution is 2.30. The van der Waals surface area contributed by atoms with E-state index in [0.717, 1.165) is 19.5 Å². The van der Waals surface area contributed by atoms with Crippen LogP contribution in [0.2, 0.25) is 0 Å². The van der Waals surface area contributed by atoms with Gasteiger partial charge >= 0.3 is 0 Å².